The van der Waals surface area contributed by atoms with Crippen molar-refractivity contribution in [2.24, 2.45) is 5.92 Å². The van der Waals surface area contributed by atoms with E-state index in [1.54, 1.807) is 39.8 Å². The number of allylic oxidation sites excluding steroid dienone is 1. The van der Waals surface area contributed by atoms with Crippen LogP contribution in [0.4, 0.5) is 10.5 Å². The summed E-state index contributed by atoms with van der Waals surface area (Å²) in [6.45, 7) is 12.4. The molecule has 0 aromatic heterocycles. The van der Waals surface area contributed by atoms with E-state index >= 15 is 0 Å². The molecular weight excluding hydrogens is 618 g/mol. The number of carbonyl (C=O) groups is 2. The van der Waals surface area contributed by atoms with Crippen molar-refractivity contribution >= 4 is 17.7 Å². The van der Waals surface area contributed by atoms with Crippen molar-refractivity contribution in [3.63, 3.8) is 0 Å². The zero-order chi connectivity index (χ0) is 35.4. The number of methoxy groups -OCH3 is 1. The molecule has 48 heavy (non-hydrogen) atoms. The molecule has 0 fully saturated rings. The third-order valence-corrected chi connectivity index (χ3v) is 7.90. The zero-order valence-corrected chi connectivity index (χ0v) is 29.5. The lowest BCUT2D eigenvalue weighted by Crippen LogP contribution is -2.48. The number of nitrogens with zero attached hydrogens (tertiary/aromatic N) is 3. The van der Waals surface area contributed by atoms with Crippen LogP contribution in [0.25, 0.3) is 0 Å². The number of benzene rings is 2. The fourth-order valence-electron chi connectivity index (χ4n) is 5.16. The van der Waals surface area contributed by atoms with Crippen LogP contribution in [-0.4, -0.2) is 91.0 Å². The fraction of sp³-hybridized carbons (Fsp3) is 0.556. The van der Waals surface area contributed by atoms with Crippen LogP contribution in [0.15, 0.2) is 54.6 Å². The number of nitro benzene ring substituents is 1. The number of rotatable bonds is 9. The van der Waals surface area contributed by atoms with Gasteiger partial charge in [-0.15, -0.1) is 0 Å². The van der Waals surface area contributed by atoms with Gasteiger partial charge < -0.3 is 33.5 Å². The lowest BCUT2D eigenvalue weighted by molar-refractivity contribution is -0.384. The average Bonchev–Trinajstić information content (AvgIpc) is 3.03. The summed E-state index contributed by atoms with van der Waals surface area (Å²) in [4.78, 5) is 41.7. The van der Waals surface area contributed by atoms with Crippen molar-refractivity contribution in [3.05, 3.63) is 75.9 Å². The van der Waals surface area contributed by atoms with Crippen molar-refractivity contribution in [1.29, 1.82) is 0 Å². The molecule has 0 aliphatic carbocycles. The van der Waals surface area contributed by atoms with Crippen LogP contribution in [-0.2, 0) is 20.8 Å². The highest BCUT2D eigenvalue weighted by atomic mass is 16.6. The second-order valence-electron chi connectivity index (χ2n) is 13.3. The highest BCUT2D eigenvalue weighted by molar-refractivity contribution is 5.98. The molecule has 12 nitrogen and oxygen atoms in total. The molecule has 1 aliphatic heterocycles. The van der Waals surface area contributed by atoms with E-state index in [0.717, 1.165) is 11.3 Å². The number of ether oxygens (including phenoxy) is 5. The van der Waals surface area contributed by atoms with E-state index in [-0.39, 0.29) is 48.7 Å². The van der Waals surface area contributed by atoms with Crippen LogP contribution in [0.2, 0.25) is 0 Å². The van der Waals surface area contributed by atoms with E-state index in [0.29, 0.717) is 26.1 Å². The first-order valence-corrected chi connectivity index (χ1v) is 16.4. The van der Waals surface area contributed by atoms with Crippen molar-refractivity contribution in [3.8, 4) is 11.5 Å². The maximum Gasteiger partial charge on any atom is 0.410 e. The highest BCUT2D eigenvalue weighted by Gasteiger charge is 2.32. The summed E-state index contributed by atoms with van der Waals surface area (Å²) in [5, 5.41) is 11.8. The summed E-state index contributed by atoms with van der Waals surface area (Å²) in [5.41, 5.74) is 0.159. The van der Waals surface area contributed by atoms with E-state index in [4.69, 9.17) is 23.7 Å². The number of amides is 2. The van der Waals surface area contributed by atoms with E-state index in [2.05, 4.69) is 0 Å². The van der Waals surface area contributed by atoms with Gasteiger partial charge in [-0.1, -0.05) is 31.2 Å². The maximum absolute atomic E-state index is 14.5. The molecule has 0 spiro atoms. The number of carbonyl (C=O) groups excluding carboxylic acids is 2. The average molecular weight is 670 g/mol. The minimum absolute atomic E-state index is 0.0963. The van der Waals surface area contributed by atoms with Gasteiger partial charge in [0.25, 0.3) is 11.6 Å². The van der Waals surface area contributed by atoms with Gasteiger partial charge in [-0.05, 0) is 71.2 Å². The maximum atomic E-state index is 14.5. The molecule has 4 atom stereocenters. The topological polar surface area (TPSA) is 130 Å². The number of likely N-dealkylation sites (N-methyl/N-ethyl adjacent to an activating group) is 1. The largest absolute Gasteiger partial charge is 0.497 e. The Morgan fingerprint density at radius 3 is 2.50 bits per heavy atom. The van der Waals surface area contributed by atoms with Gasteiger partial charge in [0.2, 0.25) is 0 Å². The number of nitro groups is 1. The Kier molecular flexibility index (Phi) is 14.2. The molecular formula is C36H51N3O9. The molecule has 1 aliphatic rings. The third-order valence-electron chi connectivity index (χ3n) is 7.90. The van der Waals surface area contributed by atoms with Gasteiger partial charge >= 0.3 is 6.09 Å². The van der Waals surface area contributed by atoms with Crippen molar-refractivity contribution in [1.82, 2.24) is 9.80 Å². The monoisotopic (exact) mass is 669 g/mol. The standard InChI is InChI=1S/C36H51N3O9/c1-25-21-38(26(2)23-45-24-28-13-16-30(44-8)17-14-28)34(40)31-20-29(39(42)43)15-18-32(31)47-27(3)12-10-9-11-19-46-33(25)22-37(7)35(41)48-36(4,5)6/h9,11,13-18,20,25-27,33H,10,12,19,21-24H2,1-8H3/b11-9+/t25-,26+,27-,33+/m1/s1. The molecule has 0 bridgehead atoms. The van der Waals surface area contributed by atoms with Gasteiger partial charge in [0, 0.05) is 31.6 Å². The molecule has 2 aromatic rings. The van der Waals surface area contributed by atoms with Crippen LogP contribution in [0.3, 0.4) is 0 Å². The van der Waals surface area contributed by atoms with Gasteiger partial charge in [0.05, 0.1) is 62.2 Å². The minimum atomic E-state index is -0.665. The Bertz CT molecular complexity index is 1390. The van der Waals surface area contributed by atoms with E-state index in [1.807, 2.05) is 57.2 Å². The Labute approximate surface area is 284 Å². The van der Waals surface area contributed by atoms with Gasteiger partial charge in [0.15, 0.2) is 0 Å². The van der Waals surface area contributed by atoms with Crippen LogP contribution in [0.1, 0.15) is 70.3 Å². The predicted molar refractivity (Wildman–Crippen MR) is 182 cm³/mol. The van der Waals surface area contributed by atoms with Crippen LogP contribution in [0.5, 0.6) is 11.5 Å². The van der Waals surface area contributed by atoms with E-state index in [1.165, 1.54) is 23.1 Å². The molecule has 1 heterocycles. The van der Waals surface area contributed by atoms with Crippen LogP contribution in [0, 0.1) is 16.0 Å². The summed E-state index contributed by atoms with van der Waals surface area (Å²) in [7, 11) is 3.26. The van der Waals surface area contributed by atoms with E-state index < -0.39 is 34.7 Å². The Morgan fingerprint density at radius 2 is 1.85 bits per heavy atom. The van der Waals surface area contributed by atoms with Crippen molar-refractivity contribution in [2.75, 3.05) is 40.5 Å². The summed E-state index contributed by atoms with van der Waals surface area (Å²) >= 11 is 0. The fourth-order valence-corrected chi connectivity index (χ4v) is 5.16. The van der Waals surface area contributed by atoms with Gasteiger partial charge in [-0.25, -0.2) is 4.79 Å². The second kappa shape index (κ2) is 17.8. The number of non-ortho nitro benzene ring substituents is 1. The third kappa shape index (κ3) is 11.8. The Hall–Kier alpha value is -4.16. The number of fused-ring (bicyclic) bond motifs is 1. The molecule has 2 aromatic carbocycles. The van der Waals surface area contributed by atoms with Crippen LogP contribution < -0.4 is 9.47 Å². The first kappa shape index (κ1) is 38.3. The molecule has 3 rings (SSSR count). The van der Waals surface area contributed by atoms with Crippen LogP contribution >= 0.6 is 0 Å². The van der Waals surface area contributed by atoms with Gasteiger partial charge in [0.1, 0.15) is 17.1 Å². The summed E-state index contributed by atoms with van der Waals surface area (Å²) < 4.78 is 29.4. The van der Waals surface area contributed by atoms with E-state index in [9.17, 15) is 19.7 Å². The lowest BCUT2D eigenvalue weighted by atomic mass is 10.0. The highest BCUT2D eigenvalue weighted by Crippen LogP contribution is 2.29. The number of hydrogen-bond acceptors (Lipinski definition) is 9. The second-order valence-corrected chi connectivity index (χ2v) is 13.3. The van der Waals surface area contributed by atoms with Gasteiger partial charge in [-0.2, -0.15) is 0 Å². The molecule has 12 heteroatoms. The smallest absolute Gasteiger partial charge is 0.410 e. The summed E-state index contributed by atoms with van der Waals surface area (Å²) in [6.07, 6.45) is 4.09. The molecule has 0 unspecified atom stereocenters. The van der Waals surface area contributed by atoms with Crippen molar-refractivity contribution < 1.29 is 38.2 Å². The Morgan fingerprint density at radius 1 is 1.15 bits per heavy atom. The SMILES string of the molecule is COc1ccc(COC[C@H](C)N2C[C@@H](C)[C@H](CN(C)C(=O)OC(C)(C)C)OC/C=C/CC[C@@H](C)Oc3ccc([N+](=O)[O-])cc3C2=O)cc1. The van der Waals surface area contributed by atoms with Crippen molar-refractivity contribution in [2.45, 2.75) is 84.8 Å². The normalized spacial score (nSPS) is 20.7. The number of hydrogen-bond donors (Lipinski definition) is 0. The molecule has 2 amide bonds. The molecule has 0 N–H and O–H groups in total. The quantitative estimate of drug-likeness (QED) is 0.164. The minimum Gasteiger partial charge on any atom is -0.497 e. The first-order valence-electron chi connectivity index (χ1n) is 16.4. The lowest BCUT2D eigenvalue weighted by Gasteiger charge is -2.36. The molecule has 264 valence electrons. The molecule has 0 saturated carbocycles. The molecule has 0 saturated heterocycles. The summed E-state index contributed by atoms with van der Waals surface area (Å²) in [6, 6.07) is 11.2. The first-order chi connectivity index (χ1) is 22.7. The zero-order valence-electron chi connectivity index (χ0n) is 29.5. The molecule has 0 radical (unpaired) electrons. The van der Waals surface area contributed by atoms with Gasteiger partial charge in [-0.3, -0.25) is 14.9 Å². The predicted octanol–water partition coefficient (Wildman–Crippen LogP) is 6.66. The Balaban J connectivity index is 1.96. The summed E-state index contributed by atoms with van der Waals surface area (Å²) in [5.74, 6) is 0.310.